The number of benzene rings is 2. The fourth-order valence-corrected chi connectivity index (χ4v) is 3.04. The summed E-state index contributed by atoms with van der Waals surface area (Å²) in [6.45, 7) is 1.58. The normalized spacial score (nSPS) is 10.7. The molecule has 1 N–H and O–H groups in total. The summed E-state index contributed by atoms with van der Waals surface area (Å²) in [5.41, 5.74) is 4.38. The zero-order valence-corrected chi connectivity index (χ0v) is 15.1. The van der Waals surface area contributed by atoms with Crippen molar-refractivity contribution in [2.24, 2.45) is 0 Å². The van der Waals surface area contributed by atoms with Crippen molar-refractivity contribution in [3.63, 3.8) is 0 Å². The first-order chi connectivity index (χ1) is 13.2. The van der Waals surface area contributed by atoms with E-state index in [9.17, 15) is 4.79 Å². The number of fused-ring (bicyclic) bond motifs is 1. The molecule has 0 aliphatic rings. The molecule has 0 saturated heterocycles. The highest BCUT2D eigenvalue weighted by atomic mass is 16.1. The first-order valence-electron chi connectivity index (χ1n) is 8.67. The number of ketones is 1. The highest BCUT2D eigenvalue weighted by Crippen LogP contribution is 2.29. The van der Waals surface area contributed by atoms with Gasteiger partial charge in [-0.05, 0) is 48.4 Å². The number of carbonyl (C=O) groups excluding carboxylic acids is 1. The molecule has 0 saturated carbocycles. The minimum absolute atomic E-state index is 0.0521. The Morgan fingerprint density at radius 2 is 1.74 bits per heavy atom. The molecule has 0 amide bonds. The van der Waals surface area contributed by atoms with E-state index in [2.05, 4.69) is 15.3 Å². The van der Waals surface area contributed by atoms with Gasteiger partial charge in [0.2, 0.25) is 0 Å². The monoisotopic (exact) mass is 354 g/mol. The van der Waals surface area contributed by atoms with Crippen molar-refractivity contribution in [3.8, 4) is 22.5 Å². The Labute approximate surface area is 157 Å². The Hall–Kier alpha value is -3.60. The number of Topliss-reactive ketones (excluding diaryl/α,β-unsaturated/α-hetero) is 1. The van der Waals surface area contributed by atoms with Crippen LogP contribution in [0, 0.1) is 0 Å². The zero-order valence-electron chi connectivity index (χ0n) is 15.1. The fourth-order valence-electron chi connectivity index (χ4n) is 3.04. The van der Waals surface area contributed by atoms with E-state index >= 15 is 0 Å². The molecule has 0 fully saturated rings. The van der Waals surface area contributed by atoms with Gasteiger partial charge in [-0.15, -0.1) is 0 Å². The summed E-state index contributed by atoms with van der Waals surface area (Å²) in [5, 5.41) is 4.09. The van der Waals surface area contributed by atoms with Gasteiger partial charge in [0.15, 0.2) is 11.6 Å². The Kier molecular flexibility index (Phi) is 4.34. The lowest BCUT2D eigenvalue weighted by Crippen LogP contribution is -1.99. The van der Waals surface area contributed by atoms with Crippen molar-refractivity contribution in [1.82, 2.24) is 15.0 Å². The fraction of sp³-hybridized carbons (Fsp3) is 0.0909. The second-order valence-electron chi connectivity index (χ2n) is 6.26. The molecular weight excluding hydrogens is 336 g/mol. The van der Waals surface area contributed by atoms with Crippen LogP contribution in [0.2, 0.25) is 0 Å². The smallest absolute Gasteiger partial charge is 0.163 e. The van der Waals surface area contributed by atoms with E-state index in [0.717, 1.165) is 33.4 Å². The van der Waals surface area contributed by atoms with Gasteiger partial charge in [-0.25, -0.2) is 9.97 Å². The number of nitrogens with one attached hydrogen (secondary N) is 1. The first kappa shape index (κ1) is 16.8. The summed E-state index contributed by atoms with van der Waals surface area (Å²) < 4.78 is 0. The van der Waals surface area contributed by atoms with Crippen LogP contribution in [0.15, 0.2) is 67.0 Å². The van der Waals surface area contributed by atoms with E-state index in [1.54, 1.807) is 19.3 Å². The summed E-state index contributed by atoms with van der Waals surface area (Å²) in [6, 6.07) is 17.5. The number of nitrogens with zero attached hydrogens (tertiary/aromatic N) is 3. The van der Waals surface area contributed by atoms with Crippen LogP contribution in [0.25, 0.3) is 33.4 Å². The van der Waals surface area contributed by atoms with E-state index in [4.69, 9.17) is 4.98 Å². The first-order valence-corrected chi connectivity index (χ1v) is 8.67. The largest absolute Gasteiger partial charge is 0.373 e. The predicted octanol–water partition coefficient (Wildman–Crippen LogP) is 4.60. The molecule has 5 heteroatoms. The van der Waals surface area contributed by atoms with Gasteiger partial charge in [-0.3, -0.25) is 9.78 Å². The van der Waals surface area contributed by atoms with Gasteiger partial charge in [0.25, 0.3) is 0 Å². The molecule has 2 heterocycles. The number of hydrogen-bond donors (Lipinski definition) is 1. The van der Waals surface area contributed by atoms with E-state index in [-0.39, 0.29) is 5.78 Å². The Balaban J connectivity index is 1.88. The van der Waals surface area contributed by atoms with Gasteiger partial charge < -0.3 is 5.32 Å². The average molecular weight is 354 g/mol. The van der Waals surface area contributed by atoms with Crippen LogP contribution in [0.5, 0.6) is 0 Å². The number of pyridine rings is 1. The Bertz CT molecular complexity index is 1140. The highest BCUT2D eigenvalue weighted by molar-refractivity contribution is 5.96. The van der Waals surface area contributed by atoms with Crippen molar-refractivity contribution in [2.75, 3.05) is 12.4 Å². The van der Waals surface area contributed by atoms with Crippen LogP contribution in [0.3, 0.4) is 0 Å². The molecule has 132 valence electrons. The van der Waals surface area contributed by atoms with Crippen molar-refractivity contribution in [2.45, 2.75) is 6.92 Å². The Morgan fingerprint density at radius 3 is 2.48 bits per heavy atom. The standard InChI is InChI=1S/C22H18N4O/c1-14(27)15-5-3-6-16(11-15)17-8-9-19-20(12-17)25-21(26-22(19)23-2)18-7-4-10-24-13-18/h3-13H,1-2H3,(H,23,25,26). The molecule has 0 aliphatic carbocycles. The number of anilines is 1. The average Bonchev–Trinajstić information content (AvgIpc) is 2.73. The Morgan fingerprint density at radius 1 is 0.926 bits per heavy atom. The molecule has 4 rings (SSSR count). The molecule has 0 spiro atoms. The quantitative estimate of drug-likeness (QED) is 0.542. The molecule has 2 aromatic carbocycles. The predicted molar refractivity (Wildman–Crippen MR) is 108 cm³/mol. The molecule has 0 bridgehead atoms. The number of carbonyl (C=O) groups is 1. The van der Waals surface area contributed by atoms with Gasteiger partial charge in [0.05, 0.1) is 5.52 Å². The van der Waals surface area contributed by atoms with Gasteiger partial charge in [-0.1, -0.05) is 24.3 Å². The van der Waals surface area contributed by atoms with Crippen LogP contribution in [-0.4, -0.2) is 27.8 Å². The van der Waals surface area contributed by atoms with Crippen LogP contribution in [0.1, 0.15) is 17.3 Å². The second-order valence-corrected chi connectivity index (χ2v) is 6.26. The van der Waals surface area contributed by atoms with E-state index in [1.165, 1.54) is 0 Å². The third-order valence-corrected chi connectivity index (χ3v) is 4.46. The summed E-state index contributed by atoms with van der Waals surface area (Å²) in [5.74, 6) is 1.44. The van der Waals surface area contributed by atoms with Crippen LogP contribution >= 0.6 is 0 Å². The molecule has 0 aliphatic heterocycles. The molecule has 0 atom stereocenters. The number of hydrogen-bond acceptors (Lipinski definition) is 5. The number of rotatable bonds is 4. The van der Waals surface area contributed by atoms with E-state index in [0.29, 0.717) is 11.4 Å². The summed E-state index contributed by atoms with van der Waals surface area (Å²) in [6.07, 6.45) is 3.48. The van der Waals surface area contributed by atoms with Gasteiger partial charge in [-0.2, -0.15) is 0 Å². The molecule has 4 aromatic rings. The van der Waals surface area contributed by atoms with E-state index < -0.39 is 0 Å². The second kappa shape index (κ2) is 6.96. The summed E-state index contributed by atoms with van der Waals surface area (Å²) >= 11 is 0. The topological polar surface area (TPSA) is 67.8 Å². The maximum absolute atomic E-state index is 11.7. The van der Waals surface area contributed by atoms with Crippen LogP contribution < -0.4 is 5.32 Å². The van der Waals surface area contributed by atoms with Crippen molar-refractivity contribution in [3.05, 3.63) is 72.6 Å². The van der Waals surface area contributed by atoms with Gasteiger partial charge >= 0.3 is 0 Å². The maximum atomic E-state index is 11.7. The van der Waals surface area contributed by atoms with Crippen molar-refractivity contribution < 1.29 is 4.79 Å². The van der Waals surface area contributed by atoms with E-state index in [1.807, 2.05) is 61.6 Å². The van der Waals surface area contributed by atoms with Crippen molar-refractivity contribution >= 4 is 22.5 Å². The summed E-state index contributed by atoms with van der Waals surface area (Å²) in [7, 11) is 1.85. The highest BCUT2D eigenvalue weighted by Gasteiger charge is 2.11. The van der Waals surface area contributed by atoms with Gasteiger partial charge in [0, 0.05) is 36.0 Å². The zero-order chi connectivity index (χ0) is 18.8. The minimum atomic E-state index is 0.0521. The van der Waals surface area contributed by atoms with Crippen molar-refractivity contribution in [1.29, 1.82) is 0 Å². The lowest BCUT2D eigenvalue weighted by atomic mass is 10.0. The lowest BCUT2D eigenvalue weighted by Gasteiger charge is -2.10. The molecule has 2 aromatic heterocycles. The molecular formula is C22H18N4O. The number of aromatic nitrogens is 3. The van der Waals surface area contributed by atoms with Crippen LogP contribution in [0.4, 0.5) is 5.82 Å². The minimum Gasteiger partial charge on any atom is -0.373 e. The summed E-state index contributed by atoms with van der Waals surface area (Å²) in [4.78, 5) is 25.2. The lowest BCUT2D eigenvalue weighted by molar-refractivity contribution is 0.101. The van der Waals surface area contributed by atoms with Crippen LogP contribution in [-0.2, 0) is 0 Å². The SMILES string of the molecule is CNc1nc(-c2cccnc2)nc2cc(-c3cccc(C(C)=O)c3)ccc12. The third kappa shape index (κ3) is 3.27. The molecule has 0 unspecified atom stereocenters. The molecule has 5 nitrogen and oxygen atoms in total. The molecule has 27 heavy (non-hydrogen) atoms. The molecule has 0 radical (unpaired) electrons. The maximum Gasteiger partial charge on any atom is 0.163 e. The third-order valence-electron chi connectivity index (χ3n) is 4.46. The van der Waals surface area contributed by atoms with Gasteiger partial charge in [0.1, 0.15) is 5.82 Å².